The van der Waals surface area contributed by atoms with E-state index in [4.69, 9.17) is 0 Å². The zero-order valence-corrected chi connectivity index (χ0v) is 13.2. The van der Waals surface area contributed by atoms with Crippen LogP contribution in [-0.4, -0.2) is 33.8 Å². The first-order valence-corrected chi connectivity index (χ1v) is 8.56. The van der Waals surface area contributed by atoms with Crippen molar-refractivity contribution in [1.29, 1.82) is 0 Å². The predicted octanol–water partition coefficient (Wildman–Crippen LogP) is 2.23. The molecule has 0 fully saturated rings. The minimum absolute atomic E-state index is 0.224. The van der Waals surface area contributed by atoms with Gasteiger partial charge in [-0.1, -0.05) is 13.8 Å². The van der Waals surface area contributed by atoms with Crippen molar-refractivity contribution in [3.8, 4) is 0 Å². The van der Waals surface area contributed by atoms with Gasteiger partial charge in [0.1, 0.15) is 5.82 Å². The summed E-state index contributed by atoms with van der Waals surface area (Å²) in [6, 6.07) is 6.49. The van der Waals surface area contributed by atoms with Crippen LogP contribution in [-0.2, 0) is 10.0 Å². The highest BCUT2D eigenvalue weighted by Gasteiger charge is 2.18. The number of rotatable bonds is 7. The number of benzene rings is 1. The van der Waals surface area contributed by atoms with Crippen molar-refractivity contribution in [2.45, 2.75) is 26.8 Å². The minimum atomic E-state index is -3.19. The third-order valence-electron chi connectivity index (χ3n) is 3.33. The number of hydrogen-bond donors (Lipinski definition) is 1. The number of halogens is 1. The van der Waals surface area contributed by atoms with Crippen molar-refractivity contribution in [2.24, 2.45) is 5.92 Å². The van der Waals surface area contributed by atoms with Crippen LogP contribution in [0.2, 0.25) is 0 Å². The van der Waals surface area contributed by atoms with E-state index in [1.165, 1.54) is 12.1 Å². The maximum Gasteiger partial charge on any atom is 0.208 e. The molecule has 0 aliphatic carbocycles. The molecule has 0 bridgehead atoms. The molecule has 114 valence electrons. The van der Waals surface area contributed by atoms with Crippen LogP contribution in [0.4, 0.5) is 10.1 Å². The van der Waals surface area contributed by atoms with Gasteiger partial charge in [-0.2, -0.15) is 0 Å². The van der Waals surface area contributed by atoms with Gasteiger partial charge in [0.15, 0.2) is 0 Å². The Morgan fingerprint density at radius 1 is 1.20 bits per heavy atom. The number of nitrogens with zero attached hydrogens (tertiary/aromatic N) is 1. The van der Waals surface area contributed by atoms with E-state index < -0.39 is 10.0 Å². The molecule has 0 heterocycles. The summed E-state index contributed by atoms with van der Waals surface area (Å²) in [4.78, 5) is 2.09. The summed E-state index contributed by atoms with van der Waals surface area (Å²) in [7, 11) is -3.19. The molecule has 0 aliphatic heterocycles. The molecule has 0 spiro atoms. The Morgan fingerprint density at radius 2 is 1.75 bits per heavy atom. The Kier molecular flexibility index (Phi) is 5.95. The lowest BCUT2D eigenvalue weighted by atomic mass is 10.0. The topological polar surface area (TPSA) is 49.4 Å². The number of hydrogen-bond acceptors (Lipinski definition) is 3. The van der Waals surface area contributed by atoms with E-state index in [-0.39, 0.29) is 11.9 Å². The van der Waals surface area contributed by atoms with Crippen LogP contribution in [0.1, 0.15) is 20.8 Å². The van der Waals surface area contributed by atoms with Crippen molar-refractivity contribution in [3.05, 3.63) is 30.1 Å². The lowest BCUT2D eigenvalue weighted by Crippen LogP contribution is -2.42. The summed E-state index contributed by atoms with van der Waals surface area (Å²) in [5, 5.41) is 0. The van der Waals surface area contributed by atoms with Gasteiger partial charge in [0.2, 0.25) is 10.0 Å². The fourth-order valence-corrected chi connectivity index (χ4v) is 2.37. The van der Waals surface area contributed by atoms with E-state index in [0.29, 0.717) is 19.0 Å². The van der Waals surface area contributed by atoms with Crippen LogP contribution in [0.5, 0.6) is 0 Å². The monoisotopic (exact) mass is 302 g/mol. The Labute approximate surface area is 121 Å². The van der Waals surface area contributed by atoms with Crippen LogP contribution in [0.3, 0.4) is 0 Å². The smallest absolute Gasteiger partial charge is 0.208 e. The van der Waals surface area contributed by atoms with Gasteiger partial charge in [0, 0.05) is 24.8 Å². The summed E-state index contributed by atoms with van der Waals surface area (Å²) >= 11 is 0. The second-order valence-electron chi connectivity index (χ2n) is 5.32. The van der Waals surface area contributed by atoms with Crippen molar-refractivity contribution < 1.29 is 12.8 Å². The first-order chi connectivity index (χ1) is 9.20. The lowest BCUT2D eigenvalue weighted by Gasteiger charge is -2.34. The molecular formula is C14H23FN2O2S. The summed E-state index contributed by atoms with van der Waals surface area (Å²) in [6.07, 6.45) is 1.14. The van der Waals surface area contributed by atoms with E-state index in [0.717, 1.165) is 11.9 Å². The molecule has 0 radical (unpaired) electrons. The molecule has 4 nitrogen and oxygen atoms in total. The number of sulfonamides is 1. The molecule has 1 rings (SSSR count). The molecule has 1 aromatic rings. The molecule has 0 saturated heterocycles. The number of nitrogens with one attached hydrogen (secondary N) is 1. The molecule has 0 saturated carbocycles. The average Bonchev–Trinajstić information content (AvgIpc) is 2.34. The molecule has 1 aromatic carbocycles. The molecule has 0 aromatic heterocycles. The third kappa shape index (κ3) is 5.46. The molecule has 6 heteroatoms. The second kappa shape index (κ2) is 7.04. The molecular weight excluding hydrogens is 279 g/mol. The molecule has 1 atom stereocenters. The summed E-state index contributed by atoms with van der Waals surface area (Å²) in [6.45, 7) is 7.15. The van der Waals surface area contributed by atoms with E-state index in [1.54, 1.807) is 12.1 Å². The minimum Gasteiger partial charge on any atom is -0.367 e. The van der Waals surface area contributed by atoms with Gasteiger partial charge in [-0.25, -0.2) is 17.5 Å². The van der Waals surface area contributed by atoms with Crippen LogP contribution in [0, 0.1) is 11.7 Å². The maximum absolute atomic E-state index is 13.0. The van der Waals surface area contributed by atoms with Gasteiger partial charge in [-0.3, -0.25) is 0 Å². The molecule has 1 N–H and O–H groups in total. The standard InChI is InChI=1S/C14H23FN2O2S/c1-11(2)12(3)17(10-9-16-20(4,18)19)14-7-5-13(15)6-8-14/h5-8,11-12,16H,9-10H2,1-4H3. The van der Waals surface area contributed by atoms with Crippen LogP contribution >= 0.6 is 0 Å². The van der Waals surface area contributed by atoms with Gasteiger partial charge < -0.3 is 4.90 Å². The Bertz CT molecular complexity index is 514. The second-order valence-corrected chi connectivity index (χ2v) is 7.15. The van der Waals surface area contributed by atoms with Gasteiger partial charge in [-0.05, 0) is 37.1 Å². The van der Waals surface area contributed by atoms with Gasteiger partial charge in [-0.15, -0.1) is 0 Å². The Hall–Kier alpha value is -1.14. The summed E-state index contributed by atoms with van der Waals surface area (Å²) < 4.78 is 37.7. The fraction of sp³-hybridized carbons (Fsp3) is 0.571. The van der Waals surface area contributed by atoms with Gasteiger partial charge >= 0.3 is 0 Å². The van der Waals surface area contributed by atoms with Crippen molar-refractivity contribution in [2.75, 3.05) is 24.2 Å². The highest BCUT2D eigenvalue weighted by molar-refractivity contribution is 7.88. The highest BCUT2D eigenvalue weighted by Crippen LogP contribution is 2.20. The van der Waals surface area contributed by atoms with Crippen LogP contribution in [0.25, 0.3) is 0 Å². The van der Waals surface area contributed by atoms with E-state index >= 15 is 0 Å². The molecule has 1 unspecified atom stereocenters. The summed E-state index contributed by atoms with van der Waals surface area (Å²) in [5.74, 6) is 0.124. The zero-order chi connectivity index (χ0) is 15.3. The first-order valence-electron chi connectivity index (χ1n) is 6.67. The quantitative estimate of drug-likeness (QED) is 0.840. The normalized spacial score (nSPS) is 13.5. The van der Waals surface area contributed by atoms with Crippen LogP contribution in [0.15, 0.2) is 24.3 Å². The Balaban J connectivity index is 2.83. The van der Waals surface area contributed by atoms with E-state index in [9.17, 15) is 12.8 Å². The lowest BCUT2D eigenvalue weighted by molar-refractivity contribution is 0.482. The van der Waals surface area contributed by atoms with Crippen LogP contribution < -0.4 is 9.62 Å². The SMILES string of the molecule is CC(C)C(C)N(CCNS(C)(=O)=O)c1ccc(F)cc1. The molecule has 0 aliphatic rings. The average molecular weight is 302 g/mol. The van der Waals surface area contributed by atoms with E-state index in [2.05, 4.69) is 30.4 Å². The van der Waals surface area contributed by atoms with E-state index in [1.807, 2.05) is 0 Å². The largest absolute Gasteiger partial charge is 0.367 e. The van der Waals surface area contributed by atoms with Crippen molar-refractivity contribution in [1.82, 2.24) is 4.72 Å². The first kappa shape index (κ1) is 16.9. The molecule has 20 heavy (non-hydrogen) atoms. The fourth-order valence-electron chi connectivity index (χ4n) is 1.91. The van der Waals surface area contributed by atoms with Gasteiger partial charge in [0.05, 0.1) is 6.26 Å². The Morgan fingerprint density at radius 3 is 2.20 bits per heavy atom. The molecule has 0 amide bonds. The van der Waals surface area contributed by atoms with Gasteiger partial charge in [0.25, 0.3) is 0 Å². The third-order valence-corrected chi connectivity index (χ3v) is 4.06. The maximum atomic E-state index is 13.0. The summed E-state index contributed by atoms with van der Waals surface area (Å²) in [5.41, 5.74) is 0.892. The number of anilines is 1. The van der Waals surface area contributed by atoms with Crippen molar-refractivity contribution >= 4 is 15.7 Å². The highest BCUT2D eigenvalue weighted by atomic mass is 32.2. The zero-order valence-electron chi connectivity index (χ0n) is 12.4. The van der Waals surface area contributed by atoms with Crippen molar-refractivity contribution in [3.63, 3.8) is 0 Å². The predicted molar refractivity (Wildman–Crippen MR) is 80.9 cm³/mol.